The van der Waals surface area contributed by atoms with Crippen LogP contribution in [-0.2, 0) is 30.8 Å². The van der Waals surface area contributed by atoms with Crippen LogP contribution in [0.25, 0.3) is 6.08 Å². The van der Waals surface area contributed by atoms with Gasteiger partial charge in [0.2, 0.25) is 15.9 Å². The Morgan fingerprint density at radius 3 is 2.59 bits per heavy atom. The zero-order chi connectivity index (χ0) is 22.4. The van der Waals surface area contributed by atoms with Crippen molar-refractivity contribution in [2.45, 2.75) is 30.4 Å². The van der Waals surface area contributed by atoms with Gasteiger partial charge in [0.25, 0.3) is 0 Å². The second-order valence-electron chi connectivity index (χ2n) is 7.85. The van der Waals surface area contributed by atoms with Crippen molar-refractivity contribution in [1.82, 2.24) is 9.21 Å². The zero-order valence-electron chi connectivity index (χ0n) is 17.9. The van der Waals surface area contributed by atoms with E-state index >= 15 is 0 Å². The molecule has 7 nitrogen and oxygen atoms in total. The van der Waals surface area contributed by atoms with Crippen LogP contribution in [0.2, 0.25) is 0 Å². The Kier molecular flexibility index (Phi) is 7.75. The lowest BCUT2D eigenvalue weighted by molar-refractivity contribution is -0.128. The summed E-state index contributed by atoms with van der Waals surface area (Å²) in [6.45, 7) is 3.43. The highest BCUT2D eigenvalue weighted by atomic mass is 32.2. The number of amides is 1. The number of hydrogen-bond acceptors (Lipinski definition) is 6. The van der Waals surface area contributed by atoms with Gasteiger partial charge in [0.15, 0.2) is 0 Å². The van der Waals surface area contributed by atoms with Crippen molar-refractivity contribution >= 4 is 33.3 Å². The average molecular weight is 477 g/mol. The normalized spacial score (nSPS) is 20.1. The van der Waals surface area contributed by atoms with Crippen LogP contribution in [0.1, 0.15) is 23.3 Å². The topological polar surface area (TPSA) is 76.2 Å². The van der Waals surface area contributed by atoms with Crippen molar-refractivity contribution in [3.8, 4) is 0 Å². The molecule has 0 bridgehead atoms. The summed E-state index contributed by atoms with van der Waals surface area (Å²) in [6.07, 6.45) is 5.36. The van der Waals surface area contributed by atoms with E-state index in [1.165, 1.54) is 4.31 Å². The van der Waals surface area contributed by atoms with Crippen molar-refractivity contribution < 1.29 is 22.7 Å². The smallest absolute Gasteiger partial charge is 0.246 e. The second kappa shape index (κ2) is 10.7. The predicted octanol–water partition coefficient (Wildman–Crippen LogP) is 2.99. The quantitative estimate of drug-likeness (QED) is 0.548. The molecule has 2 aromatic rings. The lowest BCUT2D eigenvalue weighted by atomic mass is 10.2. The van der Waals surface area contributed by atoms with E-state index in [-0.39, 0.29) is 16.9 Å². The Morgan fingerprint density at radius 1 is 1.16 bits per heavy atom. The molecule has 2 aliphatic heterocycles. The number of sulfonamides is 1. The lowest BCUT2D eigenvalue weighted by Gasteiger charge is -2.26. The molecule has 0 spiro atoms. The standard InChI is InChI=1S/C23H28N2O5S2/c26-23(24(17-20-3-1-13-30-20)18-21-4-2-16-31-21)10-7-19-5-8-22(9-6-19)32(27,28)25-11-14-29-15-12-25/h2,4-10,16,20H,1,3,11-15,17-18H2/b10-7+. The van der Waals surface area contributed by atoms with Gasteiger partial charge in [-0.2, -0.15) is 4.31 Å². The lowest BCUT2D eigenvalue weighted by Crippen LogP contribution is -2.40. The molecule has 32 heavy (non-hydrogen) atoms. The summed E-state index contributed by atoms with van der Waals surface area (Å²) in [5.41, 5.74) is 0.771. The molecule has 1 aromatic carbocycles. The maximum absolute atomic E-state index is 12.9. The minimum Gasteiger partial charge on any atom is -0.379 e. The van der Waals surface area contributed by atoms with Crippen LogP contribution in [0.15, 0.2) is 52.7 Å². The number of morpholine rings is 1. The van der Waals surface area contributed by atoms with E-state index in [9.17, 15) is 13.2 Å². The van der Waals surface area contributed by atoms with Gasteiger partial charge in [0.1, 0.15) is 0 Å². The Hall–Kier alpha value is -2.04. The van der Waals surface area contributed by atoms with Crippen LogP contribution in [0.3, 0.4) is 0 Å². The summed E-state index contributed by atoms with van der Waals surface area (Å²) >= 11 is 1.63. The first kappa shape index (κ1) is 23.1. The number of thiophene rings is 1. The summed E-state index contributed by atoms with van der Waals surface area (Å²) in [6, 6.07) is 10.6. The summed E-state index contributed by atoms with van der Waals surface area (Å²) in [5.74, 6) is -0.0843. The summed E-state index contributed by atoms with van der Waals surface area (Å²) < 4.78 is 37.9. The molecule has 2 saturated heterocycles. The highest BCUT2D eigenvalue weighted by molar-refractivity contribution is 7.89. The summed E-state index contributed by atoms with van der Waals surface area (Å²) in [4.78, 5) is 16.1. The first-order valence-corrected chi connectivity index (χ1v) is 13.1. The minimum absolute atomic E-state index is 0.0805. The maximum Gasteiger partial charge on any atom is 0.246 e. The van der Waals surface area contributed by atoms with Gasteiger partial charge in [-0.3, -0.25) is 4.79 Å². The molecule has 0 radical (unpaired) electrons. The average Bonchev–Trinajstić information content (AvgIpc) is 3.52. The number of rotatable bonds is 8. The fourth-order valence-electron chi connectivity index (χ4n) is 3.82. The van der Waals surface area contributed by atoms with E-state index in [0.29, 0.717) is 39.4 Å². The van der Waals surface area contributed by atoms with Gasteiger partial charge < -0.3 is 14.4 Å². The number of benzene rings is 1. The number of nitrogens with zero attached hydrogens (tertiary/aromatic N) is 2. The summed E-state index contributed by atoms with van der Waals surface area (Å²) in [7, 11) is -3.52. The van der Waals surface area contributed by atoms with Gasteiger partial charge in [0, 0.05) is 37.2 Å². The number of hydrogen-bond donors (Lipinski definition) is 0. The van der Waals surface area contributed by atoms with Crippen molar-refractivity contribution in [1.29, 1.82) is 0 Å². The number of carbonyl (C=O) groups is 1. The molecule has 0 saturated carbocycles. The van der Waals surface area contributed by atoms with Crippen molar-refractivity contribution in [2.75, 3.05) is 39.5 Å². The van der Waals surface area contributed by atoms with Crippen molar-refractivity contribution in [2.24, 2.45) is 0 Å². The van der Waals surface area contributed by atoms with Crippen molar-refractivity contribution in [3.05, 3.63) is 58.3 Å². The SMILES string of the molecule is O=C(/C=C/c1ccc(S(=O)(=O)N2CCOCC2)cc1)N(Cc1cccs1)CC1CCCO1. The molecular formula is C23H28N2O5S2. The number of ether oxygens (including phenoxy) is 2. The monoisotopic (exact) mass is 476 g/mol. The van der Waals surface area contributed by atoms with E-state index < -0.39 is 10.0 Å². The zero-order valence-corrected chi connectivity index (χ0v) is 19.5. The van der Waals surface area contributed by atoms with Crippen LogP contribution in [0.5, 0.6) is 0 Å². The molecule has 4 rings (SSSR count). The molecule has 1 amide bonds. The first-order chi connectivity index (χ1) is 15.5. The molecule has 1 unspecified atom stereocenters. The largest absolute Gasteiger partial charge is 0.379 e. The van der Waals surface area contributed by atoms with Crippen LogP contribution in [0, 0.1) is 0 Å². The van der Waals surface area contributed by atoms with Crippen LogP contribution >= 0.6 is 11.3 Å². The van der Waals surface area contributed by atoms with Gasteiger partial charge >= 0.3 is 0 Å². The molecule has 0 aliphatic carbocycles. The van der Waals surface area contributed by atoms with E-state index in [1.54, 1.807) is 47.8 Å². The predicted molar refractivity (Wildman–Crippen MR) is 124 cm³/mol. The Labute approximate surface area is 193 Å². The maximum atomic E-state index is 12.9. The second-order valence-corrected chi connectivity index (χ2v) is 10.8. The van der Waals surface area contributed by atoms with E-state index in [2.05, 4.69) is 0 Å². The molecule has 0 N–H and O–H groups in total. The third-order valence-electron chi connectivity index (χ3n) is 5.59. The van der Waals surface area contributed by atoms with Crippen LogP contribution < -0.4 is 0 Å². The fraction of sp³-hybridized carbons (Fsp3) is 0.435. The minimum atomic E-state index is -3.52. The van der Waals surface area contributed by atoms with Gasteiger partial charge in [-0.05, 0) is 48.1 Å². The van der Waals surface area contributed by atoms with E-state index in [0.717, 1.165) is 29.9 Å². The molecule has 1 atom stereocenters. The highest BCUT2D eigenvalue weighted by Crippen LogP contribution is 2.20. The molecule has 1 aromatic heterocycles. The molecule has 172 valence electrons. The fourth-order valence-corrected chi connectivity index (χ4v) is 5.94. The van der Waals surface area contributed by atoms with Gasteiger partial charge in [-0.15, -0.1) is 11.3 Å². The van der Waals surface area contributed by atoms with Gasteiger partial charge in [-0.25, -0.2) is 8.42 Å². The summed E-state index contributed by atoms with van der Waals surface area (Å²) in [5, 5.41) is 2.01. The molecular weight excluding hydrogens is 448 g/mol. The Bertz CT molecular complexity index is 1010. The van der Waals surface area contributed by atoms with E-state index in [4.69, 9.17) is 9.47 Å². The van der Waals surface area contributed by atoms with Gasteiger partial charge in [0.05, 0.1) is 30.8 Å². The molecule has 9 heteroatoms. The van der Waals surface area contributed by atoms with Crippen LogP contribution in [0.4, 0.5) is 0 Å². The number of carbonyl (C=O) groups excluding carboxylic acids is 1. The van der Waals surface area contributed by atoms with Crippen LogP contribution in [-0.4, -0.2) is 69.1 Å². The van der Waals surface area contributed by atoms with Gasteiger partial charge in [-0.1, -0.05) is 18.2 Å². The molecule has 3 heterocycles. The highest BCUT2D eigenvalue weighted by Gasteiger charge is 2.26. The van der Waals surface area contributed by atoms with Crippen molar-refractivity contribution in [3.63, 3.8) is 0 Å². The Balaban J connectivity index is 1.42. The Morgan fingerprint density at radius 2 is 1.94 bits per heavy atom. The molecule has 2 fully saturated rings. The molecule has 2 aliphatic rings. The third kappa shape index (κ3) is 5.85. The third-order valence-corrected chi connectivity index (χ3v) is 8.37. The first-order valence-electron chi connectivity index (χ1n) is 10.8. The van der Waals surface area contributed by atoms with E-state index in [1.807, 2.05) is 22.4 Å².